The molecule has 1 fully saturated rings. The van der Waals surface area contributed by atoms with Crippen molar-refractivity contribution in [2.24, 2.45) is 11.3 Å². The Balaban J connectivity index is 2.18. The van der Waals surface area contributed by atoms with E-state index in [0.717, 1.165) is 32.1 Å². The van der Waals surface area contributed by atoms with Crippen molar-refractivity contribution in [3.8, 4) is 0 Å². The van der Waals surface area contributed by atoms with Crippen LogP contribution in [-0.2, 0) is 4.79 Å². The molecule has 2 nitrogen and oxygen atoms in total. The third-order valence-corrected chi connectivity index (χ3v) is 5.05. The fraction of sp³-hybridized carbons (Fsp3) is 0.944. The summed E-state index contributed by atoms with van der Waals surface area (Å²) >= 11 is 0. The van der Waals surface area contributed by atoms with Crippen LogP contribution in [0.1, 0.15) is 97.3 Å². The summed E-state index contributed by atoms with van der Waals surface area (Å²) in [7, 11) is 0. The Morgan fingerprint density at radius 3 is 2.25 bits per heavy atom. The van der Waals surface area contributed by atoms with E-state index in [0.29, 0.717) is 5.92 Å². The summed E-state index contributed by atoms with van der Waals surface area (Å²) in [4.78, 5) is 11.7. The zero-order valence-electron chi connectivity index (χ0n) is 13.6. The summed E-state index contributed by atoms with van der Waals surface area (Å²) in [6.45, 7) is 4.46. The first-order chi connectivity index (χ1) is 9.60. The molecule has 118 valence electrons. The van der Waals surface area contributed by atoms with Gasteiger partial charge in [0.15, 0.2) is 0 Å². The van der Waals surface area contributed by atoms with Crippen LogP contribution < -0.4 is 0 Å². The minimum absolute atomic E-state index is 0.389. The molecule has 0 heterocycles. The number of carboxylic acid groups (broad SMARTS) is 1. The smallest absolute Gasteiger partial charge is 0.309 e. The normalized spacial score (nSPS) is 26.6. The van der Waals surface area contributed by atoms with Crippen LogP contribution >= 0.6 is 0 Å². The van der Waals surface area contributed by atoms with Gasteiger partial charge in [-0.05, 0) is 25.2 Å². The Morgan fingerprint density at radius 2 is 1.70 bits per heavy atom. The van der Waals surface area contributed by atoms with E-state index in [-0.39, 0.29) is 5.41 Å². The quantitative estimate of drug-likeness (QED) is 0.514. The Morgan fingerprint density at radius 1 is 1.10 bits per heavy atom. The Hall–Kier alpha value is -0.530. The van der Waals surface area contributed by atoms with Crippen molar-refractivity contribution in [3.05, 3.63) is 0 Å². The van der Waals surface area contributed by atoms with E-state index >= 15 is 0 Å². The molecule has 1 rings (SSSR count). The van der Waals surface area contributed by atoms with E-state index in [1.807, 2.05) is 0 Å². The number of unbranched alkanes of at least 4 members (excludes halogenated alkanes) is 7. The molecule has 1 aliphatic rings. The van der Waals surface area contributed by atoms with Crippen molar-refractivity contribution >= 4 is 5.97 Å². The standard InChI is InChI=1S/C18H34O2/c1-3-4-5-6-7-8-9-10-13-18(17(19)20)14-11-12-16(2)15-18/h16H,3-15H2,1-2H3,(H,19,20). The van der Waals surface area contributed by atoms with Gasteiger partial charge in [0, 0.05) is 0 Å². The second-order valence-electron chi connectivity index (χ2n) is 7.01. The fourth-order valence-electron chi connectivity index (χ4n) is 3.79. The third-order valence-electron chi connectivity index (χ3n) is 5.05. The van der Waals surface area contributed by atoms with Crippen molar-refractivity contribution < 1.29 is 9.90 Å². The van der Waals surface area contributed by atoms with Crippen LogP contribution in [-0.4, -0.2) is 11.1 Å². The highest BCUT2D eigenvalue weighted by atomic mass is 16.4. The SMILES string of the molecule is CCCCCCCCCCC1(C(=O)O)CCCC(C)C1. The number of aliphatic carboxylic acids is 1. The van der Waals surface area contributed by atoms with Crippen molar-refractivity contribution in [2.45, 2.75) is 97.3 Å². The molecule has 0 aromatic rings. The molecule has 0 saturated heterocycles. The maximum absolute atomic E-state index is 11.7. The number of hydrogen-bond acceptors (Lipinski definition) is 1. The van der Waals surface area contributed by atoms with Crippen molar-refractivity contribution in [2.75, 3.05) is 0 Å². The molecular formula is C18H34O2. The minimum Gasteiger partial charge on any atom is -0.481 e. The van der Waals surface area contributed by atoms with E-state index in [9.17, 15) is 9.90 Å². The highest BCUT2D eigenvalue weighted by Gasteiger charge is 2.40. The van der Waals surface area contributed by atoms with E-state index < -0.39 is 5.97 Å². The molecule has 1 N–H and O–H groups in total. The Kier molecular flexibility index (Phi) is 8.25. The van der Waals surface area contributed by atoms with Crippen LogP contribution in [0.15, 0.2) is 0 Å². The van der Waals surface area contributed by atoms with Crippen LogP contribution in [0.25, 0.3) is 0 Å². The number of rotatable bonds is 10. The molecule has 1 saturated carbocycles. The molecule has 2 unspecified atom stereocenters. The minimum atomic E-state index is -0.535. The molecule has 2 atom stereocenters. The number of carbonyl (C=O) groups is 1. The zero-order chi connectivity index (χ0) is 14.8. The second kappa shape index (κ2) is 9.41. The molecule has 20 heavy (non-hydrogen) atoms. The van der Waals surface area contributed by atoms with E-state index in [1.54, 1.807) is 0 Å². The maximum atomic E-state index is 11.7. The average molecular weight is 282 g/mol. The summed E-state index contributed by atoms with van der Waals surface area (Å²) in [5.74, 6) is 0.0564. The molecule has 2 heteroatoms. The highest BCUT2D eigenvalue weighted by Crippen LogP contribution is 2.43. The molecule has 0 aromatic carbocycles. The van der Waals surface area contributed by atoms with E-state index in [2.05, 4.69) is 13.8 Å². The van der Waals surface area contributed by atoms with Gasteiger partial charge in [-0.25, -0.2) is 0 Å². The van der Waals surface area contributed by atoms with Crippen LogP contribution in [0.2, 0.25) is 0 Å². The van der Waals surface area contributed by atoms with Gasteiger partial charge in [-0.3, -0.25) is 4.79 Å². The Labute approximate surface area is 125 Å². The molecule has 0 amide bonds. The molecule has 0 radical (unpaired) electrons. The lowest BCUT2D eigenvalue weighted by atomic mass is 9.67. The van der Waals surface area contributed by atoms with Gasteiger partial charge in [0.25, 0.3) is 0 Å². The summed E-state index contributed by atoms with van der Waals surface area (Å²) < 4.78 is 0. The van der Waals surface area contributed by atoms with E-state index in [1.165, 1.54) is 51.4 Å². The maximum Gasteiger partial charge on any atom is 0.309 e. The summed E-state index contributed by atoms with van der Waals surface area (Å²) in [6, 6.07) is 0. The fourth-order valence-corrected chi connectivity index (χ4v) is 3.79. The van der Waals surface area contributed by atoms with Gasteiger partial charge < -0.3 is 5.11 Å². The molecule has 0 aromatic heterocycles. The first-order valence-corrected chi connectivity index (χ1v) is 8.84. The van der Waals surface area contributed by atoms with Gasteiger partial charge in [-0.1, -0.05) is 78.1 Å². The molecule has 0 spiro atoms. The van der Waals surface area contributed by atoms with Gasteiger partial charge in [0.2, 0.25) is 0 Å². The van der Waals surface area contributed by atoms with Crippen molar-refractivity contribution in [3.63, 3.8) is 0 Å². The predicted octanol–water partition coefficient (Wildman–Crippen LogP) is 5.80. The van der Waals surface area contributed by atoms with Gasteiger partial charge in [0.05, 0.1) is 5.41 Å². The monoisotopic (exact) mass is 282 g/mol. The lowest BCUT2D eigenvalue weighted by molar-refractivity contribution is -0.152. The number of carboxylic acids is 1. The molecule has 1 aliphatic carbocycles. The summed E-state index contributed by atoms with van der Waals surface area (Å²) in [5.41, 5.74) is -0.389. The lowest BCUT2D eigenvalue weighted by Gasteiger charge is -2.36. The lowest BCUT2D eigenvalue weighted by Crippen LogP contribution is -2.35. The van der Waals surface area contributed by atoms with Crippen LogP contribution in [0.3, 0.4) is 0 Å². The summed E-state index contributed by atoms with van der Waals surface area (Å²) in [6.07, 6.45) is 15.4. The highest BCUT2D eigenvalue weighted by molar-refractivity contribution is 5.74. The first kappa shape index (κ1) is 17.5. The van der Waals surface area contributed by atoms with Gasteiger partial charge in [-0.15, -0.1) is 0 Å². The van der Waals surface area contributed by atoms with Gasteiger partial charge in [-0.2, -0.15) is 0 Å². The molecular weight excluding hydrogens is 248 g/mol. The van der Waals surface area contributed by atoms with Crippen LogP contribution in [0.4, 0.5) is 0 Å². The first-order valence-electron chi connectivity index (χ1n) is 8.84. The van der Waals surface area contributed by atoms with Crippen LogP contribution in [0, 0.1) is 11.3 Å². The molecule has 0 bridgehead atoms. The third kappa shape index (κ3) is 5.85. The van der Waals surface area contributed by atoms with Crippen molar-refractivity contribution in [1.82, 2.24) is 0 Å². The predicted molar refractivity (Wildman–Crippen MR) is 84.9 cm³/mol. The van der Waals surface area contributed by atoms with Gasteiger partial charge >= 0.3 is 5.97 Å². The van der Waals surface area contributed by atoms with E-state index in [4.69, 9.17) is 0 Å². The van der Waals surface area contributed by atoms with Crippen LogP contribution in [0.5, 0.6) is 0 Å². The Bertz CT molecular complexity index is 275. The zero-order valence-corrected chi connectivity index (χ0v) is 13.6. The topological polar surface area (TPSA) is 37.3 Å². The second-order valence-corrected chi connectivity index (χ2v) is 7.01. The summed E-state index contributed by atoms with van der Waals surface area (Å²) in [5, 5.41) is 9.61. The average Bonchev–Trinajstić information content (AvgIpc) is 2.41. The van der Waals surface area contributed by atoms with Gasteiger partial charge in [0.1, 0.15) is 0 Å². The largest absolute Gasteiger partial charge is 0.481 e. The number of hydrogen-bond donors (Lipinski definition) is 1. The molecule has 0 aliphatic heterocycles. The van der Waals surface area contributed by atoms with Crippen molar-refractivity contribution in [1.29, 1.82) is 0 Å².